The van der Waals surface area contributed by atoms with E-state index in [1.54, 1.807) is 6.20 Å². The Hall–Kier alpha value is -2.79. The Morgan fingerprint density at radius 1 is 1.15 bits per heavy atom. The summed E-state index contributed by atoms with van der Waals surface area (Å²) in [5, 5.41) is 17.9. The summed E-state index contributed by atoms with van der Waals surface area (Å²) in [6, 6.07) is 7.65. The van der Waals surface area contributed by atoms with Crippen molar-refractivity contribution in [2.45, 2.75) is 63.3 Å². The lowest BCUT2D eigenvalue weighted by Crippen LogP contribution is -2.53. The number of carbonyl (C=O) groups excluding carboxylic acids is 1. The van der Waals surface area contributed by atoms with Gasteiger partial charge in [0.05, 0.1) is 6.42 Å². The van der Waals surface area contributed by atoms with E-state index < -0.39 is 12.6 Å². The summed E-state index contributed by atoms with van der Waals surface area (Å²) >= 11 is 1.52. The number of alkyl halides is 3. The molecule has 0 radical (unpaired) electrons. The molecule has 1 aromatic carbocycles. The van der Waals surface area contributed by atoms with Gasteiger partial charge in [0.1, 0.15) is 15.8 Å². The maximum absolute atomic E-state index is 13.1. The van der Waals surface area contributed by atoms with Crippen molar-refractivity contribution in [1.82, 2.24) is 25.4 Å². The number of pyridine rings is 1. The van der Waals surface area contributed by atoms with E-state index >= 15 is 0 Å². The van der Waals surface area contributed by atoms with E-state index in [2.05, 4.69) is 25.8 Å². The number of rotatable bonds is 5. The van der Waals surface area contributed by atoms with Gasteiger partial charge in [-0.1, -0.05) is 23.5 Å². The van der Waals surface area contributed by atoms with Crippen molar-refractivity contribution >= 4 is 34.0 Å². The van der Waals surface area contributed by atoms with Crippen molar-refractivity contribution in [3.05, 3.63) is 35.5 Å². The molecule has 11 heteroatoms. The van der Waals surface area contributed by atoms with Crippen molar-refractivity contribution in [2.75, 3.05) is 11.9 Å². The van der Waals surface area contributed by atoms with Crippen LogP contribution >= 0.6 is 11.3 Å². The van der Waals surface area contributed by atoms with Gasteiger partial charge in [-0.2, -0.15) is 13.2 Å². The molecule has 1 unspecified atom stereocenters. The number of nitrogens with zero attached hydrogens (tertiary/aromatic N) is 4. The number of fused-ring (bicyclic) bond motifs is 3. The normalized spacial score (nSPS) is 22.4. The highest BCUT2D eigenvalue weighted by Gasteiger charge is 2.43. The molecule has 2 saturated heterocycles. The van der Waals surface area contributed by atoms with Gasteiger partial charge in [0, 0.05) is 41.8 Å². The third kappa shape index (κ3) is 5.00. The molecule has 2 fully saturated rings. The van der Waals surface area contributed by atoms with E-state index in [9.17, 15) is 18.0 Å². The minimum absolute atomic E-state index is 0.00472. The molecule has 2 bridgehead atoms. The lowest BCUT2D eigenvalue weighted by Gasteiger charge is -2.39. The molecule has 5 rings (SSSR count). The lowest BCUT2D eigenvalue weighted by atomic mass is 9.97. The Balaban J connectivity index is 1.25. The van der Waals surface area contributed by atoms with Crippen LogP contribution in [0.25, 0.3) is 21.3 Å². The molecule has 3 atom stereocenters. The summed E-state index contributed by atoms with van der Waals surface area (Å²) in [5.41, 5.74) is 0.958. The van der Waals surface area contributed by atoms with Crippen molar-refractivity contribution < 1.29 is 18.0 Å². The largest absolute Gasteiger partial charge is 0.390 e. The van der Waals surface area contributed by atoms with Gasteiger partial charge in [-0.3, -0.25) is 5.32 Å². The highest BCUT2D eigenvalue weighted by molar-refractivity contribution is 7.14. The van der Waals surface area contributed by atoms with Crippen LogP contribution in [0.5, 0.6) is 0 Å². The molecule has 2 N–H and O–H groups in total. The topological polar surface area (TPSA) is 83.0 Å². The van der Waals surface area contributed by atoms with Crippen LogP contribution in [0.15, 0.2) is 30.5 Å². The highest BCUT2D eigenvalue weighted by atomic mass is 32.1. The quantitative estimate of drug-likeness (QED) is 0.518. The van der Waals surface area contributed by atoms with Crippen LogP contribution in [0.4, 0.5) is 23.8 Å². The molecular formula is C23H25F3N6OS. The summed E-state index contributed by atoms with van der Waals surface area (Å²) in [4.78, 5) is 19.3. The molecule has 2 amide bonds. The number of urea groups is 1. The molecule has 0 spiro atoms. The number of nitrogens with one attached hydrogen (secondary N) is 2. The number of hydrogen-bond acceptors (Lipinski definition) is 6. The van der Waals surface area contributed by atoms with Gasteiger partial charge in [-0.05, 0) is 50.1 Å². The Labute approximate surface area is 198 Å². The van der Waals surface area contributed by atoms with Crippen LogP contribution in [0.2, 0.25) is 0 Å². The van der Waals surface area contributed by atoms with E-state index in [4.69, 9.17) is 0 Å². The zero-order valence-electron chi connectivity index (χ0n) is 18.6. The zero-order valence-corrected chi connectivity index (χ0v) is 19.4. The van der Waals surface area contributed by atoms with Gasteiger partial charge in [0.25, 0.3) is 0 Å². The number of aryl methyl sites for hydroxylation is 1. The molecule has 0 saturated carbocycles. The van der Waals surface area contributed by atoms with Crippen LogP contribution < -0.4 is 10.6 Å². The first-order valence-corrected chi connectivity index (χ1v) is 12.2. The number of aromatic nitrogens is 3. The van der Waals surface area contributed by atoms with E-state index in [0.29, 0.717) is 18.7 Å². The second kappa shape index (κ2) is 9.10. The number of halogens is 3. The summed E-state index contributed by atoms with van der Waals surface area (Å²) < 4.78 is 37.3. The molecule has 180 valence electrons. The second-order valence-electron chi connectivity index (χ2n) is 8.97. The minimum Gasteiger partial charge on any atom is -0.318 e. The predicted octanol–water partition coefficient (Wildman–Crippen LogP) is 5.13. The second-order valence-corrected chi connectivity index (χ2v) is 10.1. The van der Waals surface area contributed by atoms with E-state index in [1.807, 2.05) is 36.1 Å². The first kappa shape index (κ1) is 23.0. The number of hydrogen-bond donors (Lipinski definition) is 2. The molecule has 2 aliphatic heterocycles. The highest BCUT2D eigenvalue weighted by Crippen LogP contribution is 2.36. The van der Waals surface area contributed by atoms with Gasteiger partial charge in [-0.25, -0.2) is 9.78 Å². The molecule has 2 aliphatic rings. The SMILES string of the molecule is Cc1nnc(-c2ccc3cnc(NC(=O)N4[C@@H]5CC[C@H]4CC(NCCC(F)(F)F)C5)cc3c2)s1. The van der Waals surface area contributed by atoms with Gasteiger partial charge < -0.3 is 10.2 Å². The molecule has 4 heterocycles. The van der Waals surface area contributed by atoms with Crippen molar-refractivity contribution in [3.8, 4) is 10.6 Å². The lowest BCUT2D eigenvalue weighted by molar-refractivity contribution is -0.133. The van der Waals surface area contributed by atoms with Gasteiger partial charge in [-0.15, -0.1) is 10.2 Å². The average Bonchev–Trinajstić information content (AvgIpc) is 3.33. The molecule has 0 aliphatic carbocycles. The summed E-state index contributed by atoms with van der Waals surface area (Å²) in [7, 11) is 0. The van der Waals surface area contributed by atoms with E-state index in [0.717, 1.165) is 39.2 Å². The Morgan fingerprint density at radius 2 is 1.91 bits per heavy atom. The maximum Gasteiger partial charge on any atom is 0.390 e. The predicted molar refractivity (Wildman–Crippen MR) is 125 cm³/mol. The van der Waals surface area contributed by atoms with E-state index in [-0.39, 0.29) is 30.7 Å². The fourth-order valence-electron chi connectivity index (χ4n) is 5.02. The van der Waals surface area contributed by atoms with Crippen LogP contribution in [0.1, 0.15) is 37.1 Å². The zero-order chi connectivity index (χ0) is 23.9. The Morgan fingerprint density at radius 3 is 2.59 bits per heavy atom. The third-order valence-corrected chi connectivity index (χ3v) is 7.43. The van der Waals surface area contributed by atoms with Crippen LogP contribution in [-0.4, -0.2) is 57.0 Å². The van der Waals surface area contributed by atoms with Crippen LogP contribution in [-0.2, 0) is 0 Å². The fourth-order valence-corrected chi connectivity index (χ4v) is 5.71. The summed E-state index contributed by atoms with van der Waals surface area (Å²) in [5.74, 6) is 0.466. The van der Waals surface area contributed by atoms with E-state index in [1.165, 1.54) is 11.3 Å². The summed E-state index contributed by atoms with van der Waals surface area (Å²) in [6.07, 6.45) is -0.204. The Bertz CT molecular complexity index is 1180. The van der Waals surface area contributed by atoms with Crippen LogP contribution in [0, 0.1) is 6.92 Å². The third-order valence-electron chi connectivity index (χ3n) is 6.54. The Kier molecular flexibility index (Phi) is 6.15. The first-order valence-electron chi connectivity index (χ1n) is 11.3. The molecule has 7 nitrogen and oxygen atoms in total. The molecule has 34 heavy (non-hydrogen) atoms. The maximum atomic E-state index is 13.1. The number of amides is 2. The van der Waals surface area contributed by atoms with Gasteiger partial charge in [0.15, 0.2) is 0 Å². The van der Waals surface area contributed by atoms with Gasteiger partial charge >= 0.3 is 12.2 Å². The average molecular weight is 491 g/mol. The first-order chi connectivity index (χ1) is 16.2. The number of anilines is 1. The minimum atomic E-state index is -4.16. The number of piperidine rings is 1. The van der Waals surface area contributed by atoms with Crippen LogP contribution in [0.3, 0.4) is 0 Å². The van der Waals surface area contributed by atoms with Gasteiger partial charge in [0.2, 0.25) is 0 Å². The standard InChI is InChI=1S/C23H25F3N6OS/c1-13-30-31-21(34-13)14-2-3-15-12-28-20(9-16(15)8-14)29-22(33)32-18-4-5-19(32)11-17(10-18)27-7-6-23(24,25)26/h2-3,8-9,12,17-19,27H,4-7,10-11H2,1H3,(H,28,29,33)/t17?,18-,19+. The van der Waals surface area contributed by atoms with Crippen molar-refractivity contribution in [1.29, 1.82) is 0 Å². The number of carbonyl (C=O) groups is 1. The molecular weight excluding hydrogens is 465 g/mol. The summed E-state index contributed by atoms with van der Waals surface area (Å²) in [6.45, 7) is 1.83. The van der Waals surface area contributed by atoms with Crippen molar-refractivity contribution in [2.24, 2.45) is 0 Å². The fraction of sp³-hybridized carbons (Fsp3) is 0.478. The monoisotopic (exact) mass is 490 g/mol. The van der Waals surface area contributed by atoms with Crippen molar-refractivity contribution in [3.63, 3.8) is 0 Å². The number of benzene rings is 1. The molecule has 3 aromatic rings. The molecule has 2 aromatic heterocycles. The smallest absolute Gasteiger partial charge is 0.318 e.